The third kappa shape index (κ3) is 4.85. The van der Waals surface area contributed by atoms with Crippen molar-refractivity contribution in [2.24, 2.45) is 0 Å². The molecular formula is C29H29N8O9P. The topological polar surface area (TPSA) is 183 Å². The predicted molar refractivity (Wildman–Crippen MR) is 165 cm³/mol. The van der Waals surface area contributed by atoms with E-state index < -0.39 is 25.7 Å². The number of ether oxygens (including phenoxy) is 3. The maximum Gasteiger partial charge on any atom is 0.399 e. The van der Waals surface area contributed by atoms with Crippen molar-refractivity contribution in [2.45, 2.75) is 12.2 Å². The van der Waals surface area contributed by atoms with E-state index in [4.69, 9.17) is 37.8 Å². The van der Waals surface area contributed by atoms with Crippen molar-refractivity contribution in [1.82, 2.24) is 25.5 Å². The second-order valence-corrected chi connectivity index (χ2v) is 13.5. The van der Waals surface area contributed by atoms with Crippen LogP contribution in [-0.2, 0) is 37.6 Å². The monoisotopic (exact) mass is 664 g/mol. The summed E-state index contributed by atoms with van der Waals surface area (Å²) in [7, 11) is -4.38. The molecule has 5 aliphatic rings. The molecule has 18 heteroatoms. The Morgan fingerprint density at radius 3 is 2.57 bits per heavy atom. The second kappa shape index (κ2) is 11.2. The van der Waals surface area contributed by atoms with Crippen molar-refractivity contribution in [3.8, 4) is 11.4 Å². The molecule has 4 bridgehead atoms. The first-order valence-corrected chi connectivity index (χ1v) is 16.9. The van der Waals surface area contributed by atoms with Crippen molar-refractivity contribution < 1.29 is 42.0 Å². The largest absolute Gasteiger partial charge is 0.432 e. The van der Waals surface area contributed by atoms with Gasteiger partial charge in [0.25, 0.3) is 11.8 Å². The molecule has 8 heterocycles. The molecule has 0 spiro atoms. The van der Waals surface area contributed by atoms with Gasteiger partial charge in [-0.1, -0.05) is 0 Å². The number of carbonyl (C=O) groups excluding carboxylic acids is 2. The highest BCUT2D eigenvalue weighted by Crippen LogP contribution is 2.53. The molecule has 47 heavy (non-hydrogen) atoms. The molecule has 9 rings (SSSR count). The lowest BCUT2D eigenvalue weighted by molar-refractivity contribution is -0.182. The lowest BCUT2D eigenvalue weighted by atomic mass is 10.1. The summed E-state index contributed by atoms with van der Waals surface area (Å²) in [6.45, 7) is 3.54. The first-order chi connectivity index (χ1) is 22.9. The van der Waals surface area contributed by atoms with Crippen molar-refractivity contribution >= 4 is 64.1 Å². The molecule has 3 aromatic heterocycles. The third-order valence-corrected chi connectivity index (χ3v) is 10.5. The van der Waals surface area contributed by atoms with Crippen LogP contribution in [0.15, 0.2) is 34.9 Å². The molecule has 0 aliphatic carbocycles. The standard InChI is InChI=1S/C29H29N8O9P/c38-27-18-14-36(8-12-42-18)23-17(31-27)3-4-20(47(40)45-34-28(39)19-15-37(46-47)9-13-43-19)21(23)25-32-22-16-2-1-5-30-29(16)44-24(22)26(33-25)35-6-10-41-11-7-35/h1-5,18-19H,6-15H2,(H,31,38)(H,34,39). The van der Waals surface area contributed by atoms with Gasteiger partial charge in [0.2, 0.25) is 5.71 Å². The van der Waals surface area contributed by atoms with Gasteiger partial charge >= 0.3 is 7.60 Å². The van der Waals surface area contributed by atoms with Crippen LogP contribution in [0, 0.1) is 0 Å². The number of hydroxylamine groups is 3. The van der Waals surface area contributed by atoms with Crippen molar-refractivity contribution in [1.29, 1.82) is 0 Å². The zero-order chi connectivity index (χ0) is 31.7. The maximum atomic E-state index is 15.0. The van der Waals surface area contributed by atoms with Gasteiger partial charge in [-0.25, -0.2) is 25.1 Å². The van der Waals surface area contributed by atoms with Crippen LogP contribution in [0.2, 0.25) is 0 Å². The van der Waals surface area contributed by atoms with E-state index in [9.17, 15) is 14.2 Å². The van der Waals surface area contributed by atoms with Crippen LogP contribution in [0.25, 0.3) is 33.6 Å². The van der Waals surface area contributed by atoms with Gasteiger partial charge in [-0.15, -0.1) is 0 Å². The molecule has 0 saturated carbocycles. The number of anilines is 3. The van der Waals surface area contributed by atoms with E-state index in [1.807, 2.05) is 15.9 Å². The zero-order valence-corrected chi connectivity index (χ0v) is 25.8. The molecule has 4 saturated heterocycles. The molecule has 4 atom stereocenters. The Morgan fingerprint density at radius 2 is 1.70 bits per heavy atom. The van der Waals surface area contributed by atoms with Gasteiger partial charge in [-0.3, -0.25) is 14.2 Å². The van der Waals surface area contributed by atoms with E-state index in [2.05, 4.69) is 15.8 Å². The highest BCUT2D eigenvalue weighted by molar-refractivity contribution is 7.62. The van der Waals surface area contributed by atoms with Crippen molar-refractivity contribution in [3.05, 3.63) is 30.5 Å². The van der Waals surface area contributed by atoms with Crippen LogP contribution < -0.4 is 25.9 Å². The van der Waals surface area contributed by atoms with Gasteiger partial charge in [0, 0.05) is 32.4 Å². The van der Waals surface area contributed by atoms with Crippen LogP contribution in [0.5, 0.6) is 0 Å². The molecule has 244 valence electrons. The minimum atomic E-state index is -4.38. The number of morpholine rings is 3. The Hall–Kier alpha value is -4.22. The Bertz CT molecular complexity index is 1980. The summed E-state index contributed by atoms with van der Waals surface area (Å²) in [6, 6.07) is 6.85. The number of hydrogen-bond donors (Lipinski definition) is 2. The van der Waals surface area contributed by atoms with Gasteiger partial charge in [0.1, 0.15) is 5.52 Å². The summed E-state index contributed by atoms with van der Waals surface area (Å²) in [5.41, 5.74) is 4.92. The molecule has 4 aromatic rings. The fraction of sp³-hybridized carbons (Fsp3) is 0.414. The van der Waals surface area contributed by atoms with E-state index in [-0.39, 0.29) is 49.9 Å². The molecule has 5 aliphatic heterocycles. The van der Waals surface area contributed by atoms with Gasteiger partial charge in [-0.05, 0) is 24.3 Å². The van der Waals surface area contributed by atoms with E-state index in [1.54, 1.807) is 24.4 Å². The Balaban J connectivity index is 1.31. The predicted octanol–water partition coefficient (Wildman–Crippen LogP) is 0.944. The van der Waals surface area contributed by atoms with Crippen molar-refractivity contribution in [3.63, 3.8) is 0 Å². The number of benzene rings is 1. The Labute approximate surface area is 266 Å². The lowest BCUT2D eigenvalue weighted by Gasteiger charge is -2.37. The number of amides is 2. The number of rotatable bonds is 3. The van der Waals surface area contributed by atoms with Crippen LogP contribution in [0.4, 0.5) is 17.2 Å². The van der Waals surface area contributed by atoms with E-state index in [0.29, 0.717) is 77.8 Å². The summed E-state index contributed by atoms with van der Waals surface area (Å²) < 4.78 is 49.9. The van der Waals surface area contributed by atoms with Crippen LogP contribution >= 0.6 is 7.60 Å². The minimum absolute atomic E-state index is 0.0539. The van der Waals surface area contributed by atoms with E-state index >= 15 is 0 Å². The highest BCUT2D eigenvalue weighted by Gasteiger charge is 2.44. The lowest BCUT2D eigenvalue weighted by Crippen LogP contribution is -2.52. The minimum Gasteiger partial charge on any atom is -0.432 e. The first kappa shape index (κ1) is 29.0. The SMILES string of the molecule is O=C1NOP(=O)(c2ccc3c(c2-c2nc(N4CCOCC4)c4oc5ncccc5c4n2)N2CCOC(C2)C(=O)N3)ON2CCOC1C2. The number of pyridine rings is 1. The second-order valence-electron chi connectivity index (χ2n) is 11.6. The number of carbonyl (C=O) groups is 2. The maximum absolute atomic E-state index is 15.0. The average Bonchev–Trinajstić information content (AvgIpc) is 3.45. The van der Waals surface area contributed by atoms with Gasteiger partial charge in [0.05, 0.1) is 67.1 Å². The quantitative estimate of drug-likeness (QED) is 0.295. The number of nitrogens with one attached hydrogen (secondary N) is 2. The van der Waals surface area contributed by atoms with Crippen LogP contribution in [0.1, 0.15) is 0 Å². The number of nitrogens with zero attached hydrogens (tertiary/aromatic N) is 6. The van der Waals surface area contributed by atoms with Crippen LogP contribution in [0.3, 0.4) is 0 Å². The fourth-order valence-electron chi connectivity index (χ4n) is 6.54. The van der Waals surface area contributed by atoms with Gasteiger partial charge in [-0.2, -0.15) is 9.69 Å². The van der Waals surface area contributed by atoms with Gasteiger partial charge < -0.3 is 33.7 Å². The fourth-order valence-corrected chi connectivity index (χ4v) is 8.16. The molecule has 17 nitrogen and oxygen atoms in total. The van der Waals surface area contributed by atoms with E-state index in [1.165, 1.54) is 5.06 Å². The summed E-state index contributed by atoms with van der Waals surface area (Å²) in [4.78, 5) is 44.6. The average molecular weight is 665 g/mol. The van der Waals surface area contributed by atoms with Gasteiger partial charge in [0.15, 0.2) is 29.4 Å². The van der Waals surface area contributed by atoms with E-state index in [0.717, 1.165) is 0 Å². The number of fused-ring (bicyclic) bond motifs is 9. The Morgan fingerprint density at radius 1 is 0.894 bits per heavy atom. The normalized spacial score (nSPS) is 27.9. The molecular weight excluding hydrogens is 635 g/mol. The molecule has 1 aromatic carbocycles. The molecule has 0 radical (unpaired) electrons. The number of furan rings is 1. The first-order valence-electron chi connectivity index (χ1n) is 15.3. The smallest absolute Gasteiger partial charge is 0.399 e. The van der Waals surface area contributed by atoms with Crippen LogP contribution in [-0.4, -0.2) is 110 Å². The summed E-state index contributed by atoms with van der Waals surface area (Å²) in [5.74, 6) is -0.190. The highest BCUT2D eigenvalue weighted by atomic mass is 31.2. The molecule has 4 fully saturated rings. The third-order valence-electron chi connectivity index (χ3n) is 8.80. The molecule has 2 N–H and O–H groups in total. The van der Waals surface area contributed by atoms with Crippen molar-refractivity contribution in [2.75, 3.05) is 80.8 Å². The molecule has 4 unspecified atom stereocenters. The summed E-state index contributed by atoms with van der Waals surface area (Å²) in [6.07, 6.45) is 0.0621. The number of hydrogen-bond acceptors (Lipinski definition) is 15. The Kier molecular flexibility index (Phi) is 6.90. The molecule has 2 amide bonds. The zero-order valence-electron chi connectivity index (χ0n) is 24.9. The number of aromatic nitrogens is 3. The summed E-state index contributed by atoms with van der Waals surface area (Å²) in [5, 5.41) is 5.15. The summed E-state index contributed by atoms with van der Waals surface area (Å²) >= 11 is 0.